The van der Waals surface area contributed by atoms with Crippen LogP contribution in [0.15, 0.2) is 11.6 Å². The Labute approximate surface area is 174 Å². The molecule has 0 aromatic carbocycles. The van der Waals surface area contributed by atoms with Gasteiger partial charge in [0.25, 0.3) is 0 Å². The normalized spacial score (nSPS) is 38.4. The van der Waals surface area contributed by atoms with Gasteiger partial charge in [-0.1, -0.05) is 59.8 Å². The summed E-state index contributed by atoms with van der Waals surface area (Å²) < 4.78 is 12.6. The quantitative estimate of drug-likeness (QED) is 0.259. The SMILES string of the molecule is C.CC1(C)[C@@H]2CC[C@@]3(C#C[Si](C)(C)C)CCCC=C3[C@@]2(C)CCC12OCCO2. The maximum Gasteiger partial charge on any atom is 0.173 e. The first-order valence-electron chi connectivity index (χ1n) is 11.1. The highest BCUT2D eigenvalue weighted by Crippen LogP contribution is 2.68. The first-order valence-corrected chi connectivity index (χ1v) is 14.6. The van der Waals surface area contributed by atoms with E-state index >= 15 is 0 Å². The van der Waals surface area contributed by atoms with Crippen molar-refractivity contribution in [2.24, 2.45) is 22.2 Å². The second-order valence-corrected chi connectivity index (χ2v) is 16.0. The predicted octanol–water partition coefficient (Wildman–Crippen LogP) is 6.58. The van der Waals surface area contributed by atoms with Crippen molar-refractivity contribution in [3.63, 3.8) is 0 Å². The molecule has 3 aliphatic carbocycles. The summed E-state index contributed by atoms with van der Waals surface area (Å²) in [5.41, 5.74) is 5.86. The molecular weight excluding hydrogens is 360 g/mol. The fraction of sp³-hybridized carbons (Fsp3) is 0.840. The maximum absolute atomic E-state index is 6.28. The summed E-state index contributed by atoms with van der Waals surface area (Å²) in [6, 6.07) is 0. The average Bonchev–Trinajstić information content (AvgIpc) is 3.08. The van der Waals surface area contributed by atoms with Crippen LogP contribution < -0.4 is 0 Å². The molecule has 0 aromatic rings. The average molecular weight is 403 g/mol. The van der Waals surface area contributed by atoms with E-state index in [0.717, 1.165) is 19.6 Å². The van der Waals surface area contributed by atoms with Crippen molar-refractivity contribution in [1.82, 2.24) is 0 Å². The molecule has 0 radical (unpaired) electrons. The largest absolute Gasteiger partial charge is 0.347 e. The molecule has 0 aromatic heterocycles. The molecule has 1 heterocycles. The third-order valence-corrected chi connectivity index (χ3v) is 9.05. The Morgan fingerprint density at radius 2 is 1.68 bits per heavy atom. The molecule has 2 saturated carbocycles. The number of allylic oxidation sites excluding steroid dienone is 2. The summed E-state index contributed by atoms with van der Waals surface area (Å²) in [6.07, 6.45) is 11.0. The van der Waals surface area contributed by atoms with Crippen LogP contribution in [0.25, 0.3) is 0 Å². The minimum atomic E-state index is -1.37. The van der Waals surface area contributed by atoms with E-state index in [4.69, 9.17) is 9.47 Å². The van der Waals surface area contributed by atoms with Gasteiger partial charge < -0.3 is 9.47 Å². The zero-order chi connectivity index (χ0) is 19.6. The van der Waals surface area contributed by atoms with Gasteiger partial charge in [0.1, 0.15) is 8.07 Å². The van der Waals surface area contributed by atoms with Gasteiger partial charge in [-0.3, -0.25) is 0 Å². The third-order valence-electron chi connectivity index (χ3n) is 8.17. The van der Waals surface area contributed by atoms with Crippen LogP contribution >= 0.6 is 0 Å². The Kier molecular flexibility index (Phi) is 5.53. The van der Waals surface area contributed by atoms with Crippen molar-refractivity contribution in [2.45, 2.75) is 98.6 Å². The van der Waals surface area contributed by atoms with Gasteiger partial charge in [-0.05, 0) is 55.4 Å². The van der Waals surface area contributed by atoms with Crippen LogP contribution in [-0.4, -0.2) is 27.1 Å². The van der Waals surface area contributed by atoms with Gasteiger partial charge >= 0.3 is 0 Å². The Hall–Kier alpha value is -0.563. The van der Waals surface area contributed by atoms with E-state index in [1.54, 1.807) is 5.57 Å². The first-order chi connectivity index (χ1) is 12.5. The van der Waals surface area contributed by atoms with E-state index in [9.17, 15) is 0 Å². The Bertz CT molecular complexity index is 698. The second-order valence-electron chi connectivity index (χ2n) is 11.3. The second kappa shape index (κ2) is 7.00. The molecule has 4 rings (SSSR count). The van der Waals surface area contributed by atoms with E-state index in [0.29, 0.717) is 5.92 Å². The Balaban J connectivity index is 0.00000225. The zero-order valence-corrected chi connectivity index (χ0v) is 19.3. The van der Waals surface area contributed by atoms with Crippen molar-refractivity contribution < 1.29 is 9.47 Å². The van der Waals surface area contributed by atoms with Crippen LogP contribution in [0.4, 0.5) is 0 Å². The van der Waals surface area contributed by atoms with Crippen molar-refractivity contribution in [3.8, 4) is 11.5 Å². The molecule has 28 heavy (non-hydrogen) atoms. The zero-order valence-electron chi connectivity index (χ0n) is 18.3. The molecule has 0 amide bonds. The van der Waals surface area contributed by atoms with Gasteiger partial charge in [0.05, 0.1) is 18.6 Å². The molecule has 0 bridgehead atoms. The molecule has 2 nitrogen and oxygen atoms in total. The van der Waals surface area contributed by atoms with E-state index in [2.05, 4.69) is 58.0 Å². The van der Waals surface area contributed by atoms with Crippen LogP contribution in [-0.2, 0) is 9.47 Å². The molecule has 4 aliphatic rings. The van der Waals surface area contributed by atoms with Crippen molar-refractivity contribution in [3.05, 3.63) is 11.6 Å². The number of hydrogen-bond donors (Lipinski definition) is 0. The molecule has 0 N–H and O–H groups in total. The van der Waals surface area contributed by atoms with Crippen LogP contribution in [0.5, 0.6) is 0 Å². The highest BCUT2D eigenvalue weighted by molar-refractivity contribution is 6.83. The molecular formula is C25H42O2Si. The van der Waals surface area contributed by atoms with Gasteiger partial charge in [0.15, 0.2) is 5.79 Å². The monoisotopic (exact) mass is 402 g/mol. The first kappa shape index (κ1) is 22.1. The molecule has 0 unspecified atom stereocenters. The van der Waals surface area contributed by atoms with E-state index in [1.165, 1.54) is 38.5 Å². The molecule has 1 saturated heterocycles. The minimum absolute atomic E-state index is 0. The lowest BCUT2D eigenvalue weighted by Gasteiger charge is -2.64. The number of ether oxygens (including phenoxy) is 2. The summed E-state index contributed by atoms with van der Waals surface area (Å²) in [6.45, 7) is 16.0. The van der Waals surface area contributed by atoms with Crippen molar-refractivity contribution in [1.29, 1.82) is 0 Å². The fourth-order valence-corrected chi connectivity index (χ4v) is 7.48. The lowest BCUT2D eigenvalue weighted by molar-refractivity contribution is -0.284. The standard InChI is InChI=1S/C24H38O2Si.CH4/c1-21(2)19-10-12-23(15-18-27(4,5)6)11-8-7-9-20(23)22(19,3)13-14-24(21)25-16-17-26-24;/h9,19H,7-8,10-14,16-17H2,1-6H3;1H4/t19-,22-,23+;/m0./s1. The van der Waals surface area contributed by atoms with Crippen molar-refractivity contribution >= 4 is 8.07 Å². The van der Waals surface area contributed by atoms with Crippen LogP contribution in [0.3, 0.4) is 0 Å². The predicted molar refractivity (Wildman–Crippen MR) is 121 cm³/mol. The smallest absolute Gasteiger partial charge is 0.173 e. The summed E-state index contributed by atoms with van der Waals surface area (Å²) in [5.74, 6) is 4.14. The minimum Gasteiger partial charge on any atom is -0.347 e. The topological polar surface area (TPSA) is 18.5 Å². The van der Waals surface area contributed by atoms with Gasteiger partial charge in [-0.15, -0.1) is 5.54 Å². The van der Waals surface area contributed by atoms with Gasteiger partial charge in [-0.25, -0.2) is 0 Å². The Morgan fingerprint density at radius 1 is 1.00 bits per heavy atom. The lowest BCUT2D eigenvalue weighted by atomic mass is 9.43. The Morgan fingerprint density at radius 3 is 2.32 bits per heavy atom. The van der Waals surface area contributed by atoms with Gasteiger partial charge in [0, 0.05) is 11.8 Å². The van der Waals surface area contributed by atoms with Gasteiger partial charge in [0.2, 0.25) is 0 Å². The summed E-state index contributed by atoms with van der Waals surface area (Å²) >= 11 is 0. The maximum atomic E-state index is 6.28. The van der Waals surface area contributed by atoms with Crippen LogP contribution in [0.1, 0.15) is 73.1 Å². The van der Waals surface area contributed by atoms with Crippen LogP contribution in [0.2, 0.25) is 19.6 Å². The number of hydrogen-bond acceptors (Lipinski definition) is 2. The summed E-state index contributed by atoms with van der Waals surface area (Å²) in [7, 11) is -1.37. The van der Waals surface area contributed by atoms with Crippen LogP contribution in [0, 0.1) is 33.6 Å². The fourth-order valence-electron chi connectivity index (χ4n) is 6.87. The number of rotatable bonds is 0. The molecule has 3 heteroatoms. The van der Waals surface area contributed by atoms with E-state index < -0.39 is 8.07 Å². The third kappa shape index (κ3) is 3.15. The molecule has 158 valence electrons. The summed E-state index contributed by atoms with van der Waals surface area (Å²) in [5, 5.41) is 0. The van der Waals surface area contributed by atoms with E-state index in [1.807, 2.05) is 0 Å². The molecule has 1 aliphatic heterocycles. The van der Waals surface area contributed by atoms with Crippen molar-refractivity contribution in [2.75, 3.05) is 13.2 Å². The molecule has 1 spiro atoms. The lowest BCUT2D eigenvalue weighted by Crippen LogP contribution is -2.61. The molecule has 3 atom stereocenters. The van der Waals surface area contributed by atoms with E-state index in [-0.39, 0.29) is 29.5 Å². The highest BCUT2D eigenvalue weighted by atomic mass is 28.3. The highest BCUT2D eigenvalue weighted by Gasteiger charge is 2.65. The van der Waals surface area contributed by atoms with Gasteiger partial charge in [-0.2, -0.15) is 0 Å². The summed E-state index contributed by atoms with van der Waals surface area (Å²) in [4.78, 5) is 0. The number of fused-ring (bicyclic) bond motifs is 3. The molecule has 3 fully saturated rings.